The van der Waals surface area contributed by atoms with Gasteiger partial charge in [0, 0.05) is 12.1 Å². The van der Waals surface area contributed by atoms with Crippen LogP contribution < -0.4 is 0 Å². The Morgan fingerprint density at radius 2 is 1.93 bits per heavy atom. The van der Waals surface area contributed by atoms with Gasteiger partial charge in [0.1, 0.15) is 5.69 Å². The summed E-state index contributed by atoms with van der Waals surface area (Å²) in [4.78, 5) is 3.02. The number of hydrogen-bond acceptors (Lipinski definition) is 1. The maximum Gasteiger partial charge on any atom is 0.418 e. The van der Waals surface area contributed by atoms with Crippen LogP contribution in [0.3, 0.4) is 0 Å². The van der Waals surface area contributed by atoms with E-state index in [2.05, 4.69) is 4.98 Å². The Hall–Kier alpha value is -0.910. The number of nitrogens with zero attached hydrogens (tertiary/aromatic N) is 1. The van der Waals surface area contributed by atoms with Crippen molar-refractivity contribution in [3.63, 3.8) is 0 Å². The molecule has 0 fully saturated rings. The first-order chi connectivity index (χ1) is 6.88. The summed E-state index contributed by atoms with van der Waals surface area (Å²) < 4.78 is 61.8. The largest absolute Gasteiger partial charge is 0.418 e. The third kappa shape index (κ3) is 2.56. The molecule has 0 N–H and O–H groups in total. The summed E-state index contributed by atoms with van der Waals surface area (Å²) in [6.07, 6.45) is -7.26. The van der Waals surface area contributed by atoms with E-state index >= 15 is 0 Å². The molecule has 0 saturated heterocycles. The van der Waals surface area contributed by atoms with Gasteiger partial charge in [-0.2, -0.15) is 13.2 Å². The fourth-order valence-corrected chi connectivity index (χ4v) is 1.35. The Morgan fingerprint density at radius 1 is 1.33 bits per heavy atom. The zero-order valence-corrected chi connectivity index (χ0v) is 7.91. The van der Waals surface area contributed by atoms with Crippen LogP contribution in [0.4, 0.5) is 22.0 Å². The van der Waals surface area contributed by atoms with Gasteiger partial charge in [-0.05, 0) is 11.6 Å². The van der Waals surface area contributed by atoms with E-state index in [9.17, 15) is 22.0 Å². The third-order valence-corrected chi connectivity index (χ3v) is 1.99. The van der Waals surface area contributed by atoms with Crippen LogP contribution in [-0.2, 0) is 12.1 Å². The van der Waals surface area contributed by atoms with Gasteiger partial charge in [0.25, 0.3) is 6.43 Å². The Balaban J connectivity index is 3.41. The molecule has 0 amide bonds. The molecule has 15 heavy (non-hydrogen) atoms. The monoisotopic (exact) mass is 245 g/mol. The number of hydrogen-bond donors (Lipinski definition) is 0. The van der Waals surface area contributed by atoms with Gasteiger partial charge < -0.3 is 0 Å². The first-order valence-electron chi connectivity index (χ1n) is 3.77. The average molecular weight is 246 g/mol. The first kappa shape index (κ1) is 12.2. The van der Waals surface area contributed by atoms with Crippen molar-refractivity contribution in [1.29, 1.82) is 0 Å². The summed E-state index contributed by atoms with van der Waals surface area (Å²) in [5.74, 6) is -0.489. The molecule has 0 bridgehead atoms. The number of aromatic nitrogens is 1. The van der Waals surface area contributed by atoms with Gasteiger partial charge in [-0.15, -0.1) is 11.6 Å². The van der Waals surface area contributed by atoms with E-state index in [0.717, 1.165) is 12.3 Å². The van der Waals surface area contributed by atoms with Crippen LogP contribution in [0.5, 0.6) is 0 Å². The van der Waals surface area contributed by atoms with E-state index in [1.807, 2.05) is 0 Å². The average Bonchev–Trinajstić information content (AvgIpc) is 2.15. The van der Waals surface area contributed by atoms with E-state index in [4.69, 9.17) is 11.6 Å². The highest BCUT2D eigenvalue weighted by Gasteiger charge is 2.38. The zero-order chi connectivity index (χ0) is 11.6. The molecule has 0 unspecified atom stereocenters. The molecule has 1 rings (SSSR count). The molecule has 0 aromatic carbocycles. The quantitative estimate of drug-likeness (QED) is 0.571. The van der Waals surface area contributed by atoms with E-state index in [-0.39, 0.29) is 0 Å². The smallest absolute Gasteiger partial charge is 0.255 e. The molecule has 7 heteroatoms. The SMILES string of the molecule is FC(F)c1nccc(CCl)c1C(F)(F)F. The number of rotatable bonds is 2. The standard InChI is InChI=1S/C8H5ClF5N/c9-3-4-1-2-15-6(7(10)11)5(4)8(12,13)14/h1-2,7H,3H2. The van der Waals surface area contributed by atoms with Crippen LogP contribution in [0.25, 0.3) is 0 Å². The van der Waals surface area contributed by atoms with E-state index in [1.54, 1.807) is 0 Å². The van der Waals surface area contributed by atoms with Gasteiger partial charge in [-0.1, -0.05) is 0 Å². The topological polar surface area (TPSA) is 12.9 Å². The zero-order valence-electron chi connectivity index (χ0n) is 7.15. The summed E-state index contributed by atoms with van der Waals surface area (Å²) in [6, 6.07) is 0.974. The van der Waals surface area contributed by atoms with Crippen LogP contribution in [0.1, 0.15) is 23.2 Å². The van der Waals surface area contributed by atoms with E-state index in [1.165, 1.54) is 0 Å². The second-order valence-corrected chi connectivity index (χ2v) is 2.93. The van der Waals surface area contributed by atoms with Crippen LogP contribution in [0.2, 0.25) is 0 Å². The van der Waals surface area contributed by atoms with Crippen molar-refractivity contribution in [3.05, 3.63) is 29.1 Å². The highest BCUT2D eigenvalue weighted by molar-refractivity contribution is 6.17. The summed E-state index contributed by atoms with van der Waals surface area (Å²) in [6.45, 7) is 0. The lowest BCUT2D eigenvalue weighted by Gasteiger charge is -2.14. The molecule has 0 spiro atoms. The Morgan fingerprint density at radius 3 is 2.33 bits per heavy atom. The van der Waals surface area contributed by atoms with Crippen LogP contribution in [0.15, 0.2) is 12.3 Å². The van der Waals surface area contributed by atoms with Crippen LogP contribution >= 0.6 is 11.6 Å². The predicted molar refractivity (Wildman–Crippen MR) is 43.8 cm³/mol. The molecule has 1 aromatic heterocycles. The molecule has 0 saturated carbocycles. The van der Waals surface area contributed by atoms with Crippen LogP contribution in [0, 0.1) is 0 Å². The maximum atomic E-state index is 12.4. The lowest BCUT2D eigenvalue weighted by Crippen LogP contribution is -2.14. The van der Waals surface area contributed by atoms with Crippen molar-refractivity contribution in [1.82, 2.24) is 4.98 Å². The van der Waals surface area contributed by atoms with Gasteiger partial charge in [0.05, 0.1) is 5.56 Å². The first-order valence-corrected chi connectivity index (χ1v) is 4.30. The minimum Gasteiger partial charge on any atom is -0.255 e. The molecule has 0 aliphatic heterocycles. The lowest BCUT2D eigenvalue weighted by atomic mass is 10.1. The molecule has 1 nitrogen and oxygen atoms in total. The normalized spacial score (nSPS) is 12.2. The van der Waals surface area contributed by atoms with Crippen molar-refractivity contribution >= 4 is 11.6 Å². The Bertz CT molecular complexity index is 349. The molecule has 84 valence electrons. The van der Waals surface area contributed by atoms with Crippen molar-refractivity contribution < 1.29 is 22.0 Å². The van der Waals surface area contributed by atoms with Crippen molar-refractivity contribution in [3.8, 4) is 0 Å². The van der Waals surface area contributed by atoms with Gasteiger partial charge in [0.2, 0.25) is 0 Å². The summed E-state index contributed by atoms with van der Waals surface area (Å²) in [5.41, 5.74) is -3.11. The fourth-order valence-electron chi connectivity index (χ4n) is 1.12. The second kappa shape index (κ2) is 4.30. The van der Waals surface area contributed by atoms with E-state index < -0.39 is 35.3 Å². The molecule has 0 aliphatic rings. The highest BCUT2D eigenvalue weighted by Crippen LogP contribution is 2.37. The molecule has 0 aliphatic carbocycles. The van der Waals surface area contributed by atoms with Gasteiger partial charge in [0.15, 0.2) is 0 Å². The van der Waals surface area contributed by atoms with Gasteiger partial charge >= 0.3 is 6.18 Å². The lowest BCUT2D eigenvalue weighted by molar-refractivity contribution is -0.140. The van der Waals surface area contributed by atoms with Crippen molar-refractivity contribution in [2.45, 2.75) is 18.5 Å². The molecule has 1 aromatic rings. The number of pyridine rings is 1. The molecule has 0 radical (unpaired) electrons. The minimum atomic E-state index is -4.87. The summed E-state index contributed by atoms with van der Waals surface area (Å²) in [7, 11) is 0. The molecule has 0 atom stereocenters. The highest BCUT2D eigenvalue weighted by atomic mass is 35.5. The van der Waals surface area contributed by atoms with Gasteiger partial charge in [-0.25, -0.2) is 8.78 Å². The molecular formula is C8H5ClF5N. The fraction of sp³-hybridized carbons (Fsp3) is 0.375. The van der Waals surface area contributed by atoms with Crippen molar-refractivity contribution in [2.75, 3.05) is 0 Å². The van der Waals surface area contributed by atoms with E-state index in [0.29, 0.717) is 0 Å². The second-order valence-electron chi connectivity index (χ2n) is 2.66. The maximum absolute atomic E-state index is 12.4. The predicted octanol–water partition coefficient (Wildman–Crippen LogP) is 3.78. The number of halogens is 6. The molecular weight excluding hydrogens is 241 g/mol. The Kier molecular flexibility index (Phi) is 3.49. The number of alkyl halides is 6. The summed E-state index contributed by atoms with van der Waals surface area (Å²) in [5, 5.41) is 0. The minimum absolute atomic E-state index is 0.394. The Labute approximate surface area is 86.9 Å². The third-order valence-electron chi connectivity index (χ3n) is 1.70. The van der Waals surface area contributed by atoms with Crippen molar-refractivity contribution in [2.24, 2.45) is 0 Å². The molecule has 1 heterocycles. The van der Waals surface area contributed by atoms with Crippen LogP contribution in [-0.4, -0.2) is 4.98 Å². The summed E-state index contributed by atoms with van der Waals surface area (Å²) >= 11 is 5.24. The van der Waals surface area contributed by atoms with Gasteiger partial charge in [-0.3, -0.25) is 4.98 Å².